The molecule has 2 aliphatic rings. The third kappa shape index (κ3) is 3.94. The standard InChI is InChI=1S/C18H18ClFN6O3/c19-11-7-9(1-2-12(11)20)22-17(28)10-8-13(27)23-16-14(10)15(21)24-18(25-16)26-3-5-29-6-4-26/h1-2,7,10H,3-6,8H2,(H,22,28)(H3,21,23,24,25,27)/t10-/m1/s1. The van der Waals surface area contributed by atoms with Gasteiger partial charge in [-0.3, -0.25) is 9.59 Å². The summed E-state index contributed by atoms with van der Waals surface area (Å²) < 4.78 is 18.7. The van der Waals surface area contributed by atoms with Crippen molar-refractivity contribution in [2.45, 2.75) is 12.3 Å². The van der Waals surface area contributed by atoms with Gasteiger partial charge in [-0.2, -0.15) is 9.97 Å². The van der Waals surface area contributed by atoms with Crippen LogP contribution in [0.1, 0.15) is 17.9 Å². The smallest absolute Gasteiger partial charge is 0.232 e. The van der Waals surface area contributed by atoms with Gasteiger partial charge in [0.2, 0.25) is 17.8 Å². The van der Waals surface area contributed by atoms with Crippen LogP contribution in [0.4, 0.5) is 27.7 Å². The summed E-state index contributed by atoms with van der Waals surface area (Å²) in [7, 11) is 0. The van der Waals surface area contributed by atoms with Crippen LogP contribution < -0.4 is 21.3 Å². The average molecular weight is 421 g/mol. The van der Waals surface area contributed by atoms with Crippen LogP contribution in [0.15, 0.2) is 18.2 Å². The number of fused-ring (bicyclic) bond motifs is 1. The minimum absolute atomic E-state index is 0.113. The molecular formula is C18H18ClFN6O3. The van der Waals surface area contributed by atoms with E-state index < -0.39 is 17.6 Å². The highest BCUT2D eigenvalue weighted by Gasteiger charge is 2.35. The lowest BCUT2D eigenvalue weighted by Gasteiger charge is -2.30. The van der Waals surface area contributed by atoms with E-state index in [1.807, 2.05) is 4.90 Å². The Morgan fingerprint density at radius 1 is 1.34 bits per heavy atom. The molecule has 0 unspecified atom stereocenters. The molecule has 11 heteroatoms. The molecule has 152 valence electrons. The minimum atomic E-state index is -0.888. The van der Waals surface area contributed by atoms with Gasteiger partial charge in [-0.25, -0.2) is 4.39 Å². The highest BCUT2D eigenvalue weighted by atomic mass is 35.5. The lowest BCUT2D eigenvalue weighted by Crippen LogP contribution is -2.38. The van der Waals surface area contributed by atoms with Crippen molar-refractivity contribution in [2.75, 3.05) is 47.6 Å². The van der Waals surface area contributed by atoms with Gasteiger partial charge < -0.3 is 26.0 Å². The Morgan fingerprint density at radius 3 is 2.83 bits per heavy atom. The van der Waals surface area contributed by atoms with Gasteiger partial charge in [-0.1, -0.05) is 11.6 Å². The molecule has 2 aromatic rings. The second-order valence-electron chi connectivity index (χ2n) is 6.69. The first-order valence-corrected chi connectivity index (χ1v) is 9.36. The fourth-order valence-electron chi connectivity index (χ4n) is 3.32. The van der Waals surface area contributed by atoms with Gasteiger partial charge in [0.1, 0.15) is 17.5 Å². The number of ether oxygens (including phenoxy) is 1. The van der Waals surface area contributed by atoms with Crippen molar-refractivity contribution < 1.29 is 18.7 Å². The quantitative estimate of drug-likeness (QED) is 0.691. The number of morpholine rings is 1. The summed E-state index contributed by atoms with van der Waals surface area (Å²) in [6.45, 7) is 2.28. The van der Waals surface area contributed by atoms with E-state index in [1.165, 1.54) is 12.1 Å². The van der Waals surface area contributed by atoms with Crippen LogP contribution in [0, 0.1) is 5.82 Å². The number of rotatable bonds is 3. The number of hydrogen-bond acceptors (Lipinski definition) is 7. The van der Waals surface area contributed by atoms with E-state index in [0.717, 1.165) is 6.07 Å². The van der Waals surface area contributed by atoms with Crippen molar-refractivity contribution >= 4 is 46.7 Å². The Labute approximate surface area is 170 Å². The predicted molar refractivity (Wildman–Crippen MR) is 106 cm³/mol. The van der Waals surface area contributed by atoms with Crippen molar-refractivity contribution in [1.29, 1.82) is 0 Å². The predicted octanol–water partition coefficient (Wildman–Crippen LogP) is 1.75. The molecule has 0 aliphatic carbocycles. The maximum atomic E-state index is 13.3. The number of nitrogens with one attached hydrogen (secondary N) is 2. The van der Waals surface area contributed by atoms with E-state index in [0.29, 0.717) is 43.5 Å². The highest BCUT2D eigenvalue weighted by molar-refractivity contribution is 6.31. The van der Waals surface area contributed by atoms with Crippen LogP contribution in [-0.4, -0.2) is 48.1 Å². The zero-order valence-corrected chi connectivity index (χ0v) is 16.0. The van der Waals surface area contributed by atoms with Gasteiger partial charge in [-0.05, 0) is 18.2 Å². The van der Waals surface area contributed by atoms with Crippen LogP contribution in [0.5, 0.6) is 0 Å². The molecular weight excluding hydrogens is 403 g/mol. The SMILES string of the molecule is Nc1nc(N2CCOCC2)nc2c1[C@H](C(=O)Nc1ccc(F)c(Cl)c1)CC(=O)N2. The van der Waals surface area contributed by atoms with Crippen LogP contribution in [0.3, 0.4) is 0 Å². The first-order valence-electron chi connectivity index (χ1n) is 8.98. The summed E-state index contributed by atoms with van der Waals surface area (Å²) in [5.74, 6) is -1.63. The highest BCUT2D eigenvalue weighted by Crippen LogP contribution is 2.36. The number of nitrogens with zero attached hydrogens (tertiary/aromatic N) is 3. The Bertz CT molecular complexity index is 982. The fraction of sp³-hybridized carbons (Fsp3) is 0.333. The topological polar surface area (TPSA) is 122 Å². The lowest BCUT2D eigenvalue weighted by atomic mass is 9.92. The molecule has 29 heavy (non-hydrogen) atoms. The zero-order chi connectivity index (χ0) is 20.5. The number of hydrogen-bond donors (Lipinski definition) is 3. The van der Waals surface area contributed by atoms with E-state index in [4.69, 9.17) is 22.1 Å². The van der Waals surface area contributed by atoms with Gasteiger partial charge in [0.25, 0.3) is 0 Å². The summed E-state index contributed by atoms with van der Waals surface area (Å²) in [4.78, 5) is 35.7. The monoisotopic (exact) mass is 420 g/mol. The van der Waals surface area contributed by atoms with Gasteiger partial charge in [-0.15, -0.1) is 0 Å². The number of nitrogen functional groups attached to an aromatic ring is 1. The molecule has 9 nitrogen and oxygen atoms in total. The third-order valence-corrected chi connectivity index (χ3v) is 5.05. The number of halogens is 2. The summed E-state index contributed by atoms with van der Waals surface area (Å²) in [5, 5.41) is 5.18. The van der Waals surface area contributed by atoms with Gasteiger partial charge in [0, 0.05) is 25.2 Å². The maximum Gasteiger partial charge on any atom is 0.232 e. The molecule has 4 N–H and O–H groups in total. The first kappa shape index (κ1) is 19.3. The van der Waals surface area contributed by atoms with E-state index in [-0.39, 0.29) is 29.0 Å². The lowest BCUT2D eigenvalue weighted by molar-refractivity contribution is -0.123. The number of aromatic nitrogens is 2. The van der Waals surface area contributed by atoms with Crippen LogP contribution in [0.25, 0.3) is 0 Å². The van der Waals surface area contributed by atoms with E-state index in [2.05, 4.69) is 20.6 Å². The minimum Gasteiger partial charge on any atom is -0.383 e. The molecule has 1 fully saturated rings. The zero-order valence-electron chi connectivity index (χ0n) is 15.2. The average Bonchev–Trinajstić information content (AvgIpc) is 2.70. The Kier molecular flexibility index (Phi) is 5.20. The second kappa shape index (κ2) is 7.80. The number of amides is 2. The normalized spacial score (nSPS) is 18.8. The third-order valence-electron chi connectivity index (χ3n) is 4.76. The Morgan fingerprint density at radius 2 is 2.10 bits per heavy atom. The molecule has 1 atom stereocenters. The number of carbonyl (C=O) groups is 2. The Balaban J connectivity index is 1.63. The van der Waals surface area contributed by atoms with Gasteiger partial charge >= 0.3 is 0 Å². The molecule has 0 bridgehead atoms. The van der Waals surface area contributed by atoms with Crippen molar-refractivity contribution in [1.82, 2.24) is 9.97 Å². The van der Waals surface area contributed by atoms with E-state index >= 15 is 0 Å². The summed E-state index contributed by atoms with van der Waals surface area (Å²) in [5.41, 5.74) is 6.81. The molecule has 0 saturated carbocycles. The molecule has 1 aromatic carbocycles. The van der Waals surface area contributed by atoms with Crippen molar-refractivity contribution in [3.8, 4) is 0 Å². The maximum absolute atomic E-state index is 13.3. The fourth-order valence-corrected chi connectivity index (χ4v) is 3.50. The van der Waals surface area contributed by atoms with Gasteiger partial charge in [0.05, 0.1) is 29.7 Å². The molecule has 4 rings (SSSR count). The molecule has 1 saturated heterocycles. The van der Waals surface area contributed by atoms with Gasteiger partial charge in [0.15, 0.2) is 0 Å². The molecule has 3 heterocycles. The number of benzene rings is 1. The first-order chi connectivity index (χ1) is 13.9. The van der Waals surface area contributed by atoms with Crippen molar-refractivity contribution in [3.05, 3.63) is 34.6 Å². The molecule has 0 spiro atoms. The number of carbonyl (C=O) groups excluding carboxylic acids is 2. The van der Waals surface area contributed by atoms with Crippen LogP contribution in [-0.2, 0) is 14.3 Å². The summed E-state index contributed by atoms with van der Waals surface area (Å²) >= 11 is 5.76. The number of anilines is 4. The van der Waals surface area contributed by atoms with E-state index in [1.54, 1.807) is 0 Å². The number of nitrogens with two attached hydrogens (primary N) is 1. The van der Waals surface area contributed by atoms with Crippen LogP contribution in [0.2, 0.25) is 5.02 Å². The summed E-state index contributed by atoms with van der Waals surface area (Å²) in [6.07, 6.45) is -0.113. The largest absolute Gasteiger partial charge is 0.383 e. The second-order valence-corrected chi connectivity index (χ2v) is 7.10. The van der Waals surface area contributed by atoms with Crippen molar-refractivity contribution in [3.63, 3.8) is 0 Å². The molecule has 2 aliphatic heterocycles. The van der Waals surface area contributed by atoms with Crippen molar-refractivity contribution in [2.24, 2.45) is 0 Å². The molecule has 2 amide bonds. The van der Waals surface area contributed by atoms with Crippen LogP contribution >= 0.6 is 11.6 Å². The molecule has 0 radical (unpaired) electrons. The molecule has 1 aromatic heterocycles. The Hall–Kier alpha value is -2.98. The van der Waals surface area contributed by atoms with E-state index in [9.17, 15) is 14.0 Å². The summed E-state index contributed by atoms with van der Waals surface area (Å²) in [6, 6.07) is 3.82.